The molecule has 0 bridgehead atoms. The van der Waals surface area contributed by atoms with Gasteiger partial charge in [0.05, 0.1) is 0 Å². The molecule has 0 unspecified atom stereocenters. The summed E-state index contributed by atoms with van der Waals surface area (Å²) >= 11 is 0. The Morgan fingerprint density at radius 2 is 1.71 bits per heavy atom. The quantitative estimate of drug-likeness (QED) is 0.669. The van der Waals surface area contributed by atoms with E-state index in [0.717, 1.165) is 49.7 Å². The molecule has 0 amide bonds. The van der Waals surface area contributed by atoms with E-state index < -0.39 is 0 Å². The molecular weight excluding hydrogens is 358 g/mol. The van der Waals surface area contributed by atoms with Crippen LogP contribution in [0.2, 0.25) is 0 Å². The zero-order chi connectivity index (χ0) is 19.1. The van der Waals surface area contributed by atoms with Crippen molar-refractivity contribution in [3.8, 4) is 5.75 Å². The fourth-order valence-corrected chi connectivity index (χ4v) is 4.78. The number of ether oxygens (including phenoxy) is 1. The number of aromatic amines is 1. The lowest BCUT2D eigenvalue weighted by molar-refractivity contribution is -0.0202. The van der Waals surface area contributed by atoms with Crippen LogP contribution in [0.25, 0.3) is 10.9 Å². The SMILES string of the molecule is Fc1cccc(OC2CN([C@H]3CC[C@H](c4c[nH]c5ccc(F)cc54)CC3)C2)c1. The second-order valence-electron chi connectivity index (χ2n) is 8.09. The van der Waals surface area contributed by atoms with Gasteiger partial charge in [0.1, 0.15) is 23.5 Å². The Hall–Kier alpha value is -2.40. The third kappa shape index (κ3) is 3.39. The number of hydrogen-bond acceptors (Lipinski definition) is 2. The molecule has 2 aromatic carbocycles. The normalized spacial score (nSPS) is 23.6. The van der Waals surface area contributed by atoms with Crippen molar-refractivity contribution in [3.05, 3.63) is 65.9 Å². The molecule has 146 valence electrons. The number of aromatic nitrogens is 1. The van der Waals surface area contributed by atoms with E-state index in [-0.39, 0.29) is 17.7 Å². The molecule has 2 fully saturated rings. The van der Waals surface area contributed by atoms with Crippen LogP contribution in [0, 0.1) is 11.6 Å². The van der Waals surface area contributed by atoms with Gasteiger partial charge in [0.2, 0.25) is 0 Å². The van der Waals surface area contributed by atoms with Gasteiger partial charge in [0.15, 0.2) is 0 Å². The molecule has 2 aliphatic rings. The van der Waals surface area contributed by atoms with E-state index in [1.807, 2.05) is 6.07 Å². The van der Waals surface area contributed by atoms with Crippen molar-refractivity contribution in [1.82, 2.24) is 9.88 Å². The van der Waals surface area contributed by atoms with Crippen molar-refractivity contribution in [3.63, 3.8) is 0 Å². The molecule has 1 aliphatic heterocycles. The summed E-state index contributed by atoms with van der Waals surface area (Å²) in [4.78, 5) is 5.76. The van der Waals surface area contributed by atoms with Gasteiger partial charge in [0.25, 0.3) is 0 Å². The van der Waals surface area contributed by atoms with E-state index in [0.29, 0.717) is 17.7 Å². The van der Waals surface area contributed by atoms with Crippen molar-refractivity contribution >= 4 is 10.9 Å². The van der Waals surface area contributed by atoms with Crippen LogP contribution in [0.5, 0.6) is 5.75 Å². The summed E-state index contributed by atoms with van der Waals surface area (Å²) in [6.45, 7) is 1.81. The fraction of sp³-hybridized carbons (Fsp3) is 0.391. The van der Waals surface area contributed by atoms with Crippen LogP contribution in [0.3, 0.4) is 0 Å². The summed E-state index contributed by atoms with van der Waals surface area (Å²) in [5.41, 5.74) is 2.27. The summed E-state index contributed by atoms with van der Waals surface area (Å²) in [6.07, 6.45) is 6.76. The zero-order valence-electron chi connectivity index (χ0n) is 15.7. The van der Waals surface area contributed by atoms with Gasteiger partial charge in [-0.25, -0.2) is 8.78 Å². The van der Waals surface area contributed by atoms with E-state index in [2.05, 4.69) is 16.1 Å². The van der Waals surface area contributed by atoms with E-state index in [1.165, 1.54) is 23.8 Å². The molecule has 5 heteroatoms. The number of fused-ring (bicyclic) bond motifs is 1. The molecule has 0 radical (unpaired) electrons. The lowest BCUT2D eigenvalue weighted by Crippen LogP contribution is -2.58. The Balaban J connectivity index is 1.15. The van der Waals surface area contributed by atoms with Crippen LogP contribution in [-0.4, -0.2) is 35.1 Å². The van der Waals surface area contributed by atoms with Gasteiger partial charge in [-0.3, -0.25) is 4.90 Å². The molecule has 0 atom stereocenters. The maximum Gasteiger partial charge on any atom is 0.126 e. The van der Waals surface area contributed by atoms with E-state index >= 15 is 0 Å². The van der Waals surface area contributed by atoms with Gasteiger partial charge in [0, 0.05) is 42.3 Å². The highest BCUT2D eigenvalue weighted by molar-refractivity contribution is 5.83. The predicted molar refractivity (Wildman–Crippen MR) is 106 cm³/mol. The van der Waals surface area contributed by atoms with Crippen LogP contribution in [0.15, 0.2) is 48.7 Å². The smallest absolute Gasteiger partial charge is 0.126 e. The van der Waals surface area contributed by atoms with Crippen molar-refractivity contribution in [1.29, 1.82) is 0 Å². The summed E-state index contributed by atoms with van der Waals surface area (Å²) in [6, 6.07) is 11.9. The Bertz CT molecular complexity index is 972. The van der Waals surface area contributed by atoms with E-state index in [4.69, 9.17) is 4.74 Å². The second-order valence-corrected chi connectivity index (χ2v) is 8.09. The minimum Gasteiger partial charge on any atom is -0.488 e. The first-order chi connectivity index (χ1) is 13.7. The van der Waals surface area contributed by atoms with Gasteiger partial charge >= 0.3 is 0 Å². The molecular formula is C23H24F2N2O. The average Bonchev–Trinajstić information content (AvgIpc) is 3.08. The minimum atomic E-state index is -0.260. The van der Waals surface area contributed by atoms with Gasteiger partial charge in [-0.05, 0) is 67.5 Å². The van der Waals surface area contributed by atoms with Crippen molar-refractivity contribution < 1.29 is 13.5 Å². The predicted octanol–water partition coefficient (Wildman–Crippen LogP) is 5.24. The molecule has 1 aromatic heterocycles. The molecule has 5 rings (SSSR count). The third-order valence-corrected chi connectivity index (χ3v) is 6.30. The molecule has 28 heavy (non-hydrogen) atoms. The van der Waals surface area contributed by atoms with Gasteiger partial charge in [-0.15, -0.1) is 0 Å². The number of H-pyrrole nitrogens is 1. The molecule has 1 saturated carbocycles. The van der Waals surface area contributed by atoms with Crippen LogP contribution in [-0.2, 0) is 0 Å². The lowest BCUT2D eigenvalue weighted by Gasteiger charge is -2.46. The zero-order valence-corrected chi connectivity index (χ0v) is 15.7. The Kier molecular flexibility index (Phi) is 4.55. The number of halogens is 2. The molecule has 1 aliphatic carbocycles. The fourth-order valence-electron chi connectivity index (χ4n) is 4.78. The van der Waals surface area contributed by atoms with Crippen LogP contribution in [0.1, 0.15) is 37.2 Å². The third-order valence-electron chi connectivity index (χ3n) is 6.30. The molecule has 1 N–H and O–H groups in total. The average molecular weight is 382 g/mol. The highest BCUT2D eigenvalue weighted by atomic mass is 19.1. The first-order valence-electron chi connectivity index (χ1n) is 10.1. The Morgan fingerprint density at radius 3 is 2.50 bits per heavy atom. The van der Waals surface area contributed by atoms with Gasteiger partial charge in [-0.2, -0.15) is 0 Å². The van der Waals surface area contributed by atoms with Crippen molar-refractivity contribution in [2.24, 2.45) is 0 Å². The number of nitrogens with one attached hydrogen (secondary N) is 1. The summed E-state index contributed by atoms with van der Waals surface area (Å²) in [5.74, 6) is 0.670. The number of benzene rings is 2. The van der Waals surface area contributed by atoms with Crippen molar-refractivity contribution in [2.45, 2.75) is 43.7 Å². The minimum absolute atomic E-state index is 0.149. The first-order valence-corrected chi connectivity index (χ1v) is 10.1. The lowest BCUT2D eigenvalue weighted by atomic mass is 9.80. The summed E-state index contributed by atoms with van der Waals surface area (Å²) in [5, 5.41) is 1.02. The second kappa shape index (κ2) is 7.21. The standard InChI is InChI=1S/C23H24F2N2O/c24-16-2-1-3-19(10-16)28-20-13-27(14-20)18-7-4-15(5-8-18)22-12-26-23-9-6-17(25)11-21(22)23/h1-3,6,9-12,15,18,20,26H,4-5,7-8,13-14H2/t15-,18-. The number of nitrogens with zero attached hydrogens (tertiary/aromatic N) is 1. The molecule has 2 heterocycles. The van der Waals surface area contributed by atoms with Gasteiger partial charge in [-0.1, -0.05) is 6.07 Å². The monoisotopic (exact) mass is 382 g/mol. The van der Waals surface area contributed by atoms with Crippen LogP contribution >= 0.6 is 0 Å². The molecule has 3 nitrogen and oxygen atoms in total. The molecule has 0 spiro atoms. The topological polar surface area (TPSA) is 28.3 Å². The van der Waals surface area contributed by atoms with Gasteiger partial charge < -0.3 is 9.72 Å². The Morgan fingerprint density at radius 1 is 0.929 bits per heavy atom. The largest absolute Gasteiger partial charge is 0.488 e. The molecule has 1 saturated heterocycles. The number of rotatable bonds is 4. The molecule has 3 aromatic rings. The van der Waals surface area contributed by atoms with Crippen LogP contribution < -0.4 is 4.74 Å². The first kappa shape index (κ1) is 17.7. The number of likely N-dealkylation sites (tertiary alicyclic amines) is 1. The maximum absolute atomic E-state index is 13.6. The summed E-state index contributed by atoms with van der Waals surface area (Å²) in [7, 11) is 0. The highest BCUT2D eigenvalue weighted by Gasteiger charge is 2.36. The number of hydrogen-bond donors (Lipinski definition) is 1. The van der Waals surface area contributed by atoms with E-state index in [9.17, 15) is 8.78 Å². The van der Waals surface area contributed by atoms with Crippen LogP contribution in [0.4, 0.5) is 8.78 Å². The Labute approximate surface area is 163 Å². The highest BCUT2D eigenvalue weighted by Crippen LogP contribution is 2.39. The van der Waals surface area contributed by atoms with Crippen molar-refractivity contribution in [2.75, 3.05) is 13.1 Å². The van der Waals surface area contributed by atoms with E-state index in [1.54, 1.807) is 18.2 Å². The summed E-state index contributed by atoms with van der Waals surface area (Å²) < 4.78 is 32.8. The maximum atomic E-state index is 13.6.